The molecule has 2 heterocycles. The van der Waals surface area contributed by atoms with Crippen LogP contribution in [0.5, 0.6) is 0 Å². The van der Waals surface area contributed by atoms with E-state index in [0.717, 1.165) is 10.4 Å². The van der Waals surface area contributed by atoms with Crippen molar-refractivity contribution < 1.29 is 13.9 Å². The minimum atomic E-state index is -2.76. The van der Waals surface area contributed by atoms with Gasteiger partial charge in [-0.25, -0.2) is 4.79 Å². The molecule has 184 valence electrons. The van der Waals surface area contributed by atoms with Crippen molar-refractivity contribution in [3.05, 3.63) is 98.8 Å². The summed E-state index contributed by atoms with van der Waals surface area (Å²) in [5.41, 5.74) is 0.360. The second-order valence-corrected chi connectivity index (χ2v) is 13.9. The Morgan fingerprint density at radius 2 is 1.69 bits per heavy atom. The van der Waals surface area contributed by atoms with Crippen LogP contribution in [0.4, 0.5) is 0 Å². The molecule has 35 heavy (non-hydrogen) atoms. The van der Waals surface area contributed by atoms with Gasteiger partial charge >= 0.3 is 5.69 Å². The number of H-pyrrole nitrogens is 1. The van der Waals surface area contributed by atoms with Gasteiger partial charge in [-0.15, -0.1) is 0 Å². The van der Waals surface area contributed by atoms with E-state index < -0.39 is 32.1 Å². The Balaban J connectivity index is 1.61. The van der Waals surface area contributed by atoms with E-state index in [1.807, 2.05) is 36.4 Å². The highest BCUT2D eigenvalue weighted by molar-refractivity contribution is 6.99. The molecule has 1 saturated heterocycles. The van der Waals surface area contributed by atoms with Gasteiger partial charge in [-0.3, -0.25) is 14.3 Å². The van der Waals surface area contributed by atoms with Crippen molar-refractivity contribution in [2.24, 2.45) is 0 Å². The number of aromatic amines is 1. The molecule has 3 aromatic rings. The lowest BCUT2D eigenvalue weighted by Crippen LogP contribution is -2.67. The van der Waals surface area contributed by atoms with Gasteiger partial charge in [0.15, 0.2) is 12.5 Å². The molecule has 2 atom stereocenters. The molecule has 0 bridgehead atoms. The number of halogens is 1. The van der Waals surface area contributed by atoms with Gasteiger partial charge in [0.25, 0.3) is 13.9 Å². The second kappa shape index (κ2) is 10.5. The van der Waals surface area contributed by atoms with Gasteiger partial charge in [0.1, 0.15) is 0 Å². The number of nitrogens with one attached hydrogen (secondary N) is 1. The first-order valence-electron chi connectivity index (χ1n) is 11.4. The van der Waals surface area contributed by atoms with Crippen LogP contribution in [0.2, 0.25) is 5.04 Å². The summed E-state index contributed by atoms with van der Waals surface area (Å²) in [6, 6.07) is 20.6. The number of nitrogens with zero attached hydrogens (tertiary/aromatic N) is 1. The zero-order valence-corrected chi connectivity index (χ0v) is 21.7. The summed E-state index contributed by atoms with van der Waals surface area (Å²) in [4.78, 5) is 26.7. The molecule has 1 aromatic heterocycles. The van der Waals surface area contributed by atoms with E-state index >= 15 is 0 Å². The molecule has 0 saturated carbocycles. The highest BCUT2D eigenvalue weighted by Crippen LogP contribution is 2.37. The summed E-state index contributed by atoms with van der Waals surface area (Å²) in [6.45, 7) is 6.93. The molecule has 7 nitrogen and oxygen atoms in total. The van der Waals surface area contributed by atoms with Crippen molar-refractivity contribution in [3.8, 4) is 0 Å². The van der Waals surface area contributed by atoms with Crippen LogP contribution in [0, 0.1) is 0 Å². The van der Waals surface area contributed by atoms with Crippen molar-refractivity contribution >= 4 is 36.4 Å². The number of hydrogen-bond donors (Lipinski definition) is 1. The van der Waals surface area contributed by atoms with E-state index in [4.69, 9.17) is 25.5 Å². The fraction of sp³-hybridized carbons (Fsp3) is 0.308. The Hall–Kier alpha value is -2.75. The maximum Gasteiger partial charge on any atom is 0.330 e. The van der Waals surface area contributed by atoms with E-state index in [-0.39, 0.29) is 23.8 Å². The first-order valence-corrected chi connectivity index (χ1v) is 13.7. The predicted octanol–water partition coefficient (Wildman–Crippen LogP) is 3.19. The molecule has 2 unspecified atom stereocenters. The maximum atomic E-state index is 12.4. The topological polar surface area (TPSA) is 82.5 Å². The number of benzene rings is 2. The smallest absolute Gasteiger partial charge is 0.330 e. The lowest BCUT2D eigenvalue weighted by Gasteiger charge is -2.43. The minimum Gasteiger partial charge on any atom is -0.402 e. The molecule has 9 heteroatoms. The van der Waals surface area contributed by atoms with Crippen LogP contribution in [0.25, 0.3) is 6.08 Å². The van der Waals surface area contributed by atoms with Gasteiger partial charge in [-0.2, -0.15) is 0 Å². The average molecular weight is 513 g/mol. The van der Waals surface area contributed by atoms with Crippen molar-refractivity contribution in [1.29, 1.82) is 0 Å². The quantitative estimate of drug-likeness (QED) is 0.492. The Morgan fingerprint density at radius 1 is 1.09 bits per heavy atom. The van der Waals surface area contributed by atoms with Crippen molar-refractivity contribution in [2.45, 2.75) is 38.3 Å². The summed E-state index contributed by atoms with van der Waals surface area (Å²) >= 11 is 5.62. The molecule has 0 spiro atoms. The van der Waals surface area contributed by atoms with E-state index in [2.05, 4.69) is 50.0 Å². The van der Waals surface area contributed by atoms with Crippen LogP contribution < -0.4 is 21.6 Å². The standard InChI is InChI=1S/C26H29ClN2O5Si/c1-26(2,3)35(20-10-6-4-7-11-20,21-12-8-5-9-13-21)33-18-23-32-17-22(34-23)29-16-19(14-15-27)24(30)28-25(29)31/h4-16,22-23H,17-18H2,1-3H3,(H,28,30,31)/b15-14+. The zero-order valence-electron chi connectivity index (χ0n) is 19.9. The molecule has 0 amide bonds. The van der Waals surface area contributed by atoms with Crippen LogP contribution in [-0.4, -0.2) is 37.4 Å². The third-order valence-electron chi connectivity index (χ3n) is 6.13. The Kier molecular flexibility index (Phi) is 7.58. The highest BCUT2D eigenvalue weighted by Gasteiger charge is 2.50. The summed E-state index contributed by atoms with van der Waals surface area (Å²) in [5, 5.41) is 2.12. The molecule has 1 aliphatic heterocycles. The highest BCUT2D eigenvalue weighted by atomic mass is 35.5. The van der Waals surface area contributed by atoms with Gasteiger partial charge in [0, 0.05) is 11.7 Å². The van der Waals surface area contributed by atoms with Crippen molar-refractivity contribution in [3.63, 3.8) is 0 Å². The fourth-order valence-corrected chi connectivity index (χ4v) is 9.21. The van der Waals surface area contributed by atoms with Gasteiger partial charge < -0.3 is 13.9 Å². The summed E-state index contributed by atoms with van der Waals surface area (Å²) in [6.07, 6.45) is 1.46. The number of hydrogen-bond acceptors (Lipinski definition) is 5. The van der Waals surface area contributed by atoms with E-state index in [0.29, 0.717) is 0 Å². The first-order chi connectivity index (χ1) is 16.8. The SMILES string of the molecule is CC(C)(C)[Si](OCC1OCC(n2cc(/C=C/Cl)c(=O)[nH]c2=O)O1)(c1ccccc1)c1ccccc1. The van der Waals surface area contributed by atoms with Crippen LogP contribution in [-0.2, 0) is 13.9 Å². The molecule has 2 aromatic carbocycles. The van der Waals surface area contributed by atoms with Crippen LogP contribution in [0.3, 0.4) is 0 Å². The molecular weight excluding hydrogens is 484 g/mol. The number of ether oxygens (including phenoxy) is 2. The predicted molar refractivity (Wildman–Crippen MR) is 140 cm³/mol. The zero-order chi connectivity index (χ0) is 25.1. The molecule has 0 aliphatic carbocycles. The Morgan fingerprint density at radius 3 is 2.23 bits per heavy atom. The van der Waals surface area contributed by atoms with Crippen LogP contribution >= 0.6 is 11.6 Å². The molecule has 1 aliphatic rings. The lowest BCUT2D eigenvalue weighted by atomic mass is 10.2. The molecular formula is C26H29ClN2O5Si. The normalized spacial score (nSPS) is 18.9. The minimum absolute atomic E-state index is 0.144. The van der Waals surface area contributed by atoms with Gasteiger partial charge in [-0.05, 0) is 21.5 Å². The van der Waals surface area contributed by atoms with Gasteiger partial charge in [0.05, 0.1) is 18.8 Å². The van der Waals surface area contributed by atoms with Crippen LogP contribution in [0.15, 0.2) is 82.0 Å². The number of rotatable bonds is 7. The Bertz CT molecular complexity index is 1250. The Labute approximate surface area is 210 Å². The van der Waals surface area contributed by atoms with E-state index in [1.165, 1.54) is 22.4 Å². The summed E-state index contributed by atoms with van der Waals surface area (Å²) < 4.78 is 20.1. The molecule has 4 rings (SSSR count). The van der Waals surface area contributed by atoms with E-state index in [9.17, 15) is 9.59 Å². The first kappa shape index (κ1) is 25.3. The van der Waals surface area contributed by atoms with Gasteiger partial charge in [-0.1, -0.05) is 93.0 Å². The maximum absolute atomic E-state index is 12.4. The monoisotopic (exact) mass is 512 g/mol. The lowest BCUT2D eigenvalue weighted by molar-refractivity contribution is -0.0956. The van der Waals surface area contributed by atoms with Crippen LogP contribution in [0.1, 0.15) is 32.6 Å². The number of aromatic nitrogens is 2. The fourth-order valence-electron chi connectivity index (χ4n) is 4.53. The summed E-state index contributed by atoms with van der Waals surface area (Å²) in [5.74, 6) is 0. The van der Waals surface area contributed by atoms with Crippen molar-refractivity contribution in [2.75, 3.05) is 13.2 Å². The third kappa shape index (κ3) is 5.12. The third-order valence-corrected chi connectivity index (χ3v) is 11.3. The molecule has 0 radical (unpaired) electrons. The van der Waals surface area contributed by atoms with E-state index in [1.54, 1.807) is 0 Å². The molecule has 1 N–H and O–H groups in total. The second-order valence-electron chi connectivity index (χ2n) is 9.37. The molecule has 1 fully saturated rings. The van der Waals surface area contributed by atoms with Gasteiger partial charge in [0.2, 0.25) is 0 Å². The average Bonchev–Trinajstić information content (AvgIpc) is 3.30. The largest absolute Gasteiger partial charge is 0.402 e. The van der Waals surface area contributed by atoms with Crippen molar-refractivity contribution in [1.82, 2.24) is 9.55 Å². The summed E-state index contributed by atoms with van der Waals surface area (Å²) in [7, 11) is -2.76.